The number of rotatable bonds is 5. The van der Waals surface area contributed by atoms with Gasteiger partial charge in [-0.15, -0.1) is 0 Å². The Morgan fingerprint density at radius 3 is 2.40 bits per heavy atom. The van der Waals surface area contributed by atoms with Gasteiger partial charge in [-0.3, -0.25) is 14.5 Å². The minimum Gasteiger partial charge on any atom is -0.497 e. The maximum absolute atomic E-state index is 13.3. The monoisotopic (exact) mass is 402 g/mol. The molecule has 6 heteroatoms. The molecular formula is C24H22N2O4. The van der Waals surface area contributed by atoms with Crippen LogP contribution in [0.2, 0.25) is 0 Å². The number of para-hydroxylation sites is 1. The molecule has 30 heavy (non-hydrogen) atoms. The van der Waals surface area contributed by atoms with E-state index in [1.54, 1.807) is 42.3 Å². The number of hydrogen-bond donors (Lipinski definition) is 1. The van der Waals surface area contributed by atoms with Gasteiger partial charge in [-0.05, 0) is 35.9 Å². The molecular weight excluding hydrogens is 380 g/mol. The van der Waals surface area contributed by atoms with E-state index in [-0.39, 0.29) is 11.8 Å². The number of anilines is 2. The normalized spacial score (nSPS) is 14.7. The van der Waals surface area contributed by atoms with Crippen molar-refractivity contribution in [2.75, 3.05) is 24.4 Å². The van der Waals surface area contributed by atoms with Gasteiger partial charge in [0.2, 0.25) is 5.91 Å². The maximum atomic E-state index is 13.3. The van der Waals surface area contributed by atoms with E-state index in [0.717, 1.165) is 11.3 Å². The molecule has 4 rings (SSSR count). The number of carbonyl (C=O) groups is 2. The first-order valence-corrected chi connectivity index (χ1v) is 9.61. The van der Waals surface area contributed by atoms with Crippen molar-refractivity contribution in [3.63, 3.8) is 0 Å². The van der Waals surface area contributed by atoms with Gasteiger partial charge in [0.25, 0.3) is 5.91 Å². The summed E-state index contributed by atoms with van der Waals surface area (Å²) in [6, 6.07) is 21.1. The molecule has 0 spiro atoms. The summed E-state index contributed by atoms with van der Waals surface area (Å²) < 4.78 is 10.6. The summed E-state index contributed by atoms with van der Waals surface area (Å²) in [7, 11) is 3.09. The van der Waals surface area contributed by atoms with Crippen LogP contribution in [0, 0.1) is 0 Å². The Kier molecular flexibility index (Phi) is 5.39. The summed E-state index contributed by atoms with van der Waals surface area (Å²) in [6.07, 6.45) is 0.444. The molecule has 3 aromatic carbocycles. The third-order valence-corrected chi connectivity index (χ3v) is 5.18. The highest BCUT2D eigenvalue weighted by molar-refractivity contribution is 6.13. The molecule has 0 bridgehead atoms. The summed E-state index contributed by atoms with van der Waals surface area (Å²) in [6.45, 7) is 0. The first kappa shape index (κ1) is 19.5. The minimum atomic E-state index is -0.665. The van der Waals surface area contributed by atoms with Crippen LogP contribution in [0.3, 0.4) is 0 Å². The molecule has 1 N–H and O–H groups in total. The standard InChI is InChI=1S/C24H22N2O4/c1-29-18-12-13-19(22(15-18)30-2)25-23(27)21-14-17-10-6-7-11-20(17)26(21)24(28)16-8-4-3-5-9-16/h3-13,15,21H,14H2,1-2H3,(H,25,27)/t21-/m1/s1. The summed E-state index contributed by atoms with van der Waals surface area (Å²) in [5, 5.41) is 2.91. The number of amides is 2. The number of carbonyl (C=O) groups excluding carboxylic acids is 2. The van der Waals surface area contributed by atoms with Crippen molar-refractivity contribution in [1.29, 1.82) is 0 Å². The molecule has 152 valence electrons. The molecule has 0 saturated carbocycles. The zero-order chi connectivity index (χ0) is 21.1. The van der Waals surface area contributed by atoms with Gasteiger partial charge in [-0.25, -0.2) is 0 Å². The molecule has 0 radical (unpaired) electrons. The number of benzene rings is 3. The fourth-order valence-electron chi connectivity index (χ4n) is 3.68. The molecule has 0 saturated heterocycles. The summed E-state index contributed by atoms with van der Waals surface area (Å²) in [4.78, 5) is 28.1. The van der Waals surface area contributed by atoms with Gasteiger partial charge in [0.15, 0.2) is 0 Å². The van der Waals surface area contributed by atoms with E-state index in [0.29, 0.717) is 29.2 Å². The molecule has 1 aliphatic heterocycles. The Balaban J connectivity index is 1.65. The first-order chi connectivity index (χ1) is 14.6. The molecule has 1 aliphatic rings. The summed E-state index contributed by atoms with van der Waals surface area (Å²) in [5.74, 6) is 0.625. The highest BCUT2D eigenvalue weighted by Gasteiger charge is 2.38. The van der Waals surface area contributed by atoms with Gasteiger partial charge in [0.1, 0.15) is 17.5 Å². The predicted octanol–water partition coefficient (Wildman–Crippen LogP) is 3.91. The van der Waals surface area contributed by atoms with Crippen molar-refractivity contribution in [2.24, 2.45) is 0 Å². The lowest BCUT2D eigenvalue weighted by Gasteiger charge is -2.25. The fourth-order valence-corrected chi connectivity index (χ4v) is 3.68. The average molecular weight is 402 g/mol. The van der Waals surface area contributed by atoms with E-state index in [1.165, 1.54) is 7.11 Å². The van der Waals surface area contributed by atoms with Crippen molar-refractivity contribution in [3.8, 4) is 11.5 Å². The molecule has 1 atom stereocenters. The Labute approximate surface area is 175 Å². The van der Waals surface area contributed by atoms with Crippen molar-refractivity contribution >= 4 is 23.2 Å². The van der Waals surface area contributed by atoms with Gasteiger partial charge in [-0.1, -0.05) is 36.4 Å². The fraction of sp³-hybridized carbons (Fsp3) is 0.167. The molecule has 3 aromatic rings. The topological polar surface area (TPSA) is 67.9 Å². The quantitative estimate of drug-likeness (QED) is 0.703. The number of nitrogens with one attached hydrogen (secondary N) is 1. The van der Waals surface area contributed by atoms with E-state index >= 15 is 0 Å². The van der Waals surface area contributed by atoms with E-state index < -0.39 is 6.04 Å². The Hall–Kier alpha value is -3.80. The first-order valence-electron chi connectivity index (χ1n) is 9.61. The molecule has 0 unspecified atom stereocenters. The highest BCUT2D eigenvalue weighted by atomic mass is 16.5. The third kappa shape index (κ3) is 3.59. The second-order valence-electron chi connectivity index (χ2n) is 6.95. The predicted molar refractivity (Wildman–Crippen MR) is 115 cm³/mol. The van der Waals surface area contributed by atoms with Crippen molar-refractivity contribution in [1.82, 2.24) is 0 Å². The van der Waals surface area contributed by atoms with Gasteiger partial charge in [0, 0.05) is 23.7 Å². The van der Waals surface area contributed by atoms with E-state index in [9.17, 15) is 9.59 Å². The van der Waals surface area contributed by atoms with Crippen LogP contribution in [0.1, 0.15) is 15.9 Å². The maximum Gasteiger partial charge on any atom is 0.259 e. The van der Waals surface area contributed by atoms with Crippen LogP contribution in [0.25, 0.3) is 0 Å². The average Bonchev–Trinajstić information content (AvgIpc) is 3.19. The van der Waals surface area contributed by atoms with Gasteiger partial charge >= 0.3 is 0 Å². The van der Waals surface area contributed by atoms with Crippen LogP contribution >= 0.6 is 0 Å². The highest BCUT2D eigenvalue weighted by Crippen LogP contribution is 2.35. The molecule has 2 amide bonds. The number of methoxy groups -OCH3 is 2. The lowest BCUT2D eigenvalue weighted by molar-refractivity contribution is -0.117. The SMILES string of the molecule is COc1ccc(NC(=O)[C@H]2Cc3ccccc3N2C(=O)c2ccccc2)c(OC)c1. The third-order valence-electron chi connectivity index (χ3n) is 5.18. The van der Waals surface area contributed by atoms with Gasteiger partial charge in [-0.2, -0.15) is 0 Å². The van der Waals surface area contributed by atoms with E-state index in [1.807, 2.05) is 42.5 Å². The second-order valence-corrected chi connectivity index (χ2v) is 6.95. The van der Waals surface area contributed by atoms with Crippen molar-refractivity contribution in [2.45, 2.75) is 12.5 Å². The Bertz CT molecular complexity index is 1080. The smallest absolute Gasteiger partial charge is 0.259 e. The molecule has 1 heterocycles. The van der Waals surface area contributed by atoms with Gasteiger partial charge < -0.3 is 14.8 Å². The zero-order valence-electron chi connectivity index (χ0n) is 16.8. The van der Waals surface area contributed by atoms with Crippen molar-refractivity contribution < 1.29 is 19.1 Å². The van der Waals surface area contributed by atoms with Crippen LogP contribution in [-0.2, 0) is 11.2 Å². The van der Waals surface area contributed by atoms with Crippen LogP contribution in [-0.4, -0.2) is 32.1 Å². The van der Waals surface area contributed by atoms with E-state index in [4.69, 9.17) is 9.47 Å². The summed E-state index contributed by atoms with van der Waals surface area (Å²) in [5.41, 5.74) is 2.78. The summed E-state index contributed by atoms with van der Waals surface area (Å²) >= 11 is 0. The number of hydrogen-bond acceptors (Lipinski definition) is 4. The van der Waals surface area contributed by atoms with Gasteiger partial charge in [0.05, 0.1) is 19.9 Å². The zero-order valence-corrected chi connectivity index (χ0v) is 16.8. The number of nitrogens with zero attached hydrogens (tertiary/aromatic N) is 1. The van der Waals surface area contributed by atoms with Crippen LogP contribution < -0.4 is 19.7 Å². The number of ether oxygens (including phenoxy) is 2. The van der Waals surface area contributed by atoms with Crippen LogP contribution in [0.4, 0.5) is 11.4 Å². The minimum absolute atomic E-state index is 0.206. The lowest BCUT2D eigenvalue weighted by Crippen LogP contribution is -2.45. The lowest BCUT2D eigenvalue weighted by atomic mass is 10.1. The Morgan fingerprint density at radius 2 is 1.67 bits per heavy atom. The van der Waals surface area contributed by atoms with Crippen LogP contribution in [0.5, 0.6) is 11.5 Å². The van der Waals surface area contributed by atoms with E-state index in [2.05, 4.69) is 5.32 Å². The Morgan fingerprint density at radius 1 is 0.933 bits per heavy atom. The largest absolute Gasteiger partial charge is 0.497 e. The number of fused-ring (bicyclic) bond motifs is 1. The molecule has 6 nitrogen and oxygen atoms in total. The molecule has 0 aliphatic carbocycles. The van der Waals surface area contributed by atoms with Crippen molar-refractivity contribution in [3.05, 3.63) is 83.9 Å². The molecule has 0 fully saturated rings. The molecule has 0 aromatic heterocycles. The van der Waals surface area contributed by atoms with Crippen LogP contribution in [0.15, 0.2) is 72.8 Å². The second kappa shape index (κ2) is 8.29.